The molecule has 9 nitrogen and oxygen atoms in total. The topological polar surface area (TPSA) is 120 Å². The Morgan fingerprint density at radius 3 is 2.66 bits per heavy atom. The molecule has 0 bridgehead atoms. The molecular weight excluding hydrogens is 378 g/mol. The molecule has 150 valence electrons. The molecule has 0 aromatic heterocycles. The van der Waals surface area contributed by atoms with Crippen LogP contribution in [-0.2, 0) is 16.0 Å². The molecule has 9 heteroatoms. The van der Waals surface area contributed by atoms with E-state index in [2.05, 4.69) is 10.6 Å². The maximum Gasteiger partial charge on any atom is 0.280 e. The van der Waals surface area contributed by atoms with Crippen LogP contribution in [0.25, 0.3) is 6.08 Å². The number of benzene rings is 2. The summed E-state index contributed by atoms with van der Waals surface area (Å²) in [6, 6.07) is 10.1. The standard InChI is InChI=1S/C20H19N3O6/c1-2-13-5-3-4-6-15(13)22-20(25)11-21-19(24)8-7-14-9-17-18(29-12-28-17)10-16(14)23(26)27/h3-10H,2,11-12H2,1H3,(H,21,24)(H,22,25). The molecule has 1 heterocycles. The van der Waals surface area contributed by atoms with E-state index in [1.54, 1.807) is 6.07 Å². The molecular formula is C20H19N3O6. The summed E-state index contributed by atoms with van der Waals surface area (Å²) in [6.07, 6.45) is 3.18. The summed E-state index contributed by atoms with van der Waals surface area (Å²) < 4.78 is 10.3. The van der Waals surface area contributed by atoms with Crippen molar-refractivity contribution in [2.75, 3.05) is 18.7 Å². The normalized spacial score (nSPS) is 12.0. The fraction of sp³-hybridized carbons (Fsp3) is 0.200. The number of nitrogens with zero attached hydrogens (tertiary/aromatic N) is 1. The van der Waals surface area contributed by atoms with Gasteiger partial charge in [-0.3, -0.25) is 19.7 Å². The first-order valence-electron chi connectivity index (χ1n) is 8.89. The number of fused-ring (bicyclic) bond motifs is 1. The van der Waals surface area contributed by atoms with Crippen LogP contribution in [0.3, 0.4) is 0 Å². The lowest BCUT2D eigenvalue weighted by Gasteiger charge is -2.09. The lowest BCUT2D eigenvalue weighted by molar-refractivity contribution is -0.385. The van der Waals surface area contributed by atoms with Crippen LogP contribution in [0.4, 0.5) is 11.4 Å². The van der Waals surface area contributed by atoms with Crippen LogP contribution in [0.5, 0.6) is 11.5 Å². The number of carbonyl (C=O) groups is 2. The first-order valence-corrected chi connectivity index (χ1v) is 8.89. The highest BCUT2D eigenvalue weighted by molar-refractivity contribution is 5.98. The Kier molecular flexibility index (Phi) is 6.08. The Balaban J connectivity index is 1.60. The number of aryl methyl sites for hydroxylation is 1. The van der Waals surface area contributed by atoms with Gasteiger partial charge in [-0.2, -0.15) is 0 Å². The number of carbonyl (C=O) groups excluding carboxylic acids is 2. The number of nitro groups is 1. The highest BCUT2D eigenvalue weighted by Gasteiger charge is 2.22. The lowest BCUT2D eigenvalue weighted by atomic mass is 10.1. The Bertz CT molecular complexity index is 986. The van der Waals surface area contributed by atoms with Crippen LogP contribution in [0.2, 0.25) is 0 Å². The third-order valence-corrected chi connectivity index (χ3v) is 4.23. The van der Waals surface area contributed by atoms with Gasteiger partial charge in [-0.15, -0.1) is 0 Å². The molecule has 0 unspecified atom stereocenters. The van der Waals surface area contributed by atoms with Crippen molar-refractivity contribution in [2.24, 2.45) is 0 Å². The van der Waals surface area contributed by atoms with Crippen molar-refractivity contribution in [3.63, 3.8) is 0 Å². The van der Waals surface area contributed by atoms with E-state index in [9.17, 15) is 19.7 Å². The van der Waals surface area contributed by atoms with E-state index < -0.39 is 10.8 Å². The highest BCUT2D eigenvalue weighted by Crippen LogP contribution is 2.38. The van der Waals surface area contributed by atoms with Crippen molar-refractivity contribution in [3.05, 3.63) is 63.7 Å². The molecule has 29 heavy (non-hydrogen) atoms. The number of ether oxygens (including phenoxy) is 2. The second-order valence-electron chi connectivity index (χ2n) is 6.13. The van der Waals surface area contributed by atoms with Gasteiger partial charge in [0.15, 0.2) is 11.5 Å². The van der Waals surface area contributed by atoms with Crippen molar-refractivity contribution in [3.8, 4) is 11.5 Å². The number of hydrogen-bond acceptors (Lipinski definition) is 6. The predicted molar refractivity (Wildman–Crippen MR) is 106 cm³/mol. The summed E-state index contributed by atoms with van der Waals surface area (Å²) in [7, 11) is 0. The van der Waals surface area contributed by atoms with Crippen LogP contribution in [0.15, 0.2) is 42.5 Å². The van der Waals surface area contributed by atoms with E-state index in [4.69, 9.17) is 9.47 Å². The quantitative estimate of drug-likeness (QED) is 0.421. The molecule has 1 aliphatic heterocycles. The van der Waals surface area contributed by atoms with Crippen LogP contribution in [-0.4, -0.2) is 30.1 Å². The van der Waals surface area contributed by atoms with Crippen molar-refractivity contribution >= 4 is 29.3 Å². The van der Waals surface area contributed by atoms with E-state index in [0.29, 0.717) is 11.4 Å². The van der Waals surface area contributed by atoms with E-state index in [0.717, 1.165) is 18.1 Å². The van der Waals surface area contributed by atoms with Crippen molar-refractivity contribution < 1.29 is 24.0 Å². The lowest BCUT2D eigenvalue weighted by Crippen LogP contribution is -2.31. The maximum absolute atomic E-state index is 12.1. The Labute approximate surface area is 166 Å². The zero-order valence-electron chi connectivity index (χ0n) is 15.6. The highest BCUT2D eigenvalue weighted by atomic mass is 16.7. The second-order valence-corrected chi connectivity index (χ2v) is 6.13. The third-order valence-electron chi connectivity index (χ3n) is 4.23. The Morgan fingerprint density at radius 1 is 1.21 bits per heavy atom. The summed E-state index contributed by atoms with van der Waals surface area (Å²) in [5, 5.41) is 16.4. The number of anilines is 1. The fourth-order valence-electron chi connectivity index (χ4n) is 2.78. The number of rotatable bonds is 7. The minimum Gasteiger partial charge on any atom is -0.454 e. The van der Waals surface area contributed by atoms with Crippen LogP contribution >= 0.6 is 0 Å². The monoisotopic (exact) mass is 397 g/mol. The molecule has 2 amide bonds. The molecule has 0 saturated heterocycles. The van der Waals surface area contributed by atoms with E-state index in [-0.39, 0.29) is 36.2 Å². The van der Waals surface area contributed by atoms with Gasteiger partial charge in [0.1, 0.15) is 0 Å². The zero-order valence-corrected chi connectivity index (χ0v) is 15.6. The van der Waals surface area contributed by atoms with Crippen LogP contribution in [0.1, 0.15) is 18.1 Å². The molecule has 0 fully saturated rings. The second kappa shape index (κ2) is 8.87. The van der Waals surface area contributed by atoms with Gasteiger partial charge < -0.3 is 20.1 Å². The molecule has 0 aliphatic carbocycles. The van der Waals surface area contributed by atoms with Crippen molar-refractivity contribution in [2.45, 2.75) is 13.3 Å². The SMILES string of the molecule is CCc1ccccc1NC(=O)CNC(=O)C=Cc1cc2c(cc1[N+](=O)[O-])OCO2. The van der Waals surface area contributed by atoms with Gasteiger partial charge in [-0.25, -0.2) is 0 Å². The van der Waals surface area contributed by atoms with Gasteiger partial charge in [0.2, 0.25) is 18.6 Å². The first-order chi connectivity index (χ1) is 14.0. The molecule has 3 rings (SSSR count). The van der Waals surface area contributed by atoms with Crippen molar-refractivity contribution in [1.29, 1.82) is 0 Å². The molecule has 0 saturated carbocycles. The summed E-state index contributed by atoms with van der Waals surface area (Å²) in [6.45, 7) is 1.73. The van der Waals surface area contributed by atoms with Gasteiger partial charge in [0, 0.05) is 11.8 Å². The number of amides is 2. The molecule has 2 N–H and O–H groups in total. The minimum absolute atomic E-state index is 0.0174. The average molecular weight is 397 g/mol. The van der Waals surface area contributed by atoms with Crippen LogP contribution in [0, 0.1) is 10.1 Å². The molecule has 2 aromatic rings. The maximum atomic E-state index is 12.1. The predicted octanol–water partition coefficient (Wildman–Crippen LogP) is 2.65. The van der Waals surface area contributed by atoms with E-state index in [1.807, 2.05) is 25.1 Å². The largest absolute Gasteiger partial charge is 0.454 e. The smallest absolute Gasteiger partial charge is 0.280 e. The number of hydrogen-bond donors (Lipinski definition) is 2. The third kappa shape index (κ3) is 4.89. The average Bonchev–Trinajstić information content (AvgIpc) is 3.17. The number of nitro benzene ring substituents is 1. The van der Waals surface area contributed by atoms with Gasteiger partial charge in [-0.1, -0.05) is 25.1 Å². The Morgan fingerprint density at radius 2 is 1.93 bits per heavy atom. The Hall–Kier alpha value is -3.88. The van der Waals surface area contributed by atoms with Gasteiger partial charge in [0.25, 0.3) is 5.69 Å². The zero-order chi connectivity index (χ0) is 20.8. The summed E-state index contributed by atoms with van der Waals surface area (Å²) >= 11 is 0. The summed E-state index contributed by atoms with van der Waals surface area (Å²) in [5.41, 5.74) is 1.66. The molecule has 0 spiro atoms. The first kappa shape index (κ1) is 19.9. The minimum atomic E-state index is -0.571. The van der Waals surface area contributed by atoms with E-state index in [1.165, 1.54) is 18.2 Å². The van der Waals surface area contributed by atoms with Gasteiger partial charge in [-0.05, 0) is 30.2 Å². The van der Waals surface area contributed by atoms with Gasteiger partial charge >= 0.3 is 0 Å². The number of nitrogens with one attached hydrogen (secondary N) is 2. The molecule has 0 radical (unpaired) electrons. The fourth-order valence-corrected chi connectivity index (χ4v) is 2.78. The summed E-state index contributed by atoms with van der Waals surface area (Å²) in [4.78, 5) is 34.7. The summed E-state index contributed by atoms with van der Waals surface area (Å²) in [5.74, 6) is -0.287. The van der Waals surface area contributed by atoms with Gasteiger partial charge in [0.05, 0.1) is 23.1 Å². The molecule has 1 aliphatic rings. The molecule has 0 atom stereocenters. The van der Waals surface area contributed by atoms with Crippen LogP contribution < -0.4 is 20.1 Å². The molecule has 2 aromatic carbocycles. The van der Waals surface area contributed by atoms with E-state index >= 15 is 0 Å². The van der Waals surface area contributed by atoms with Crippen molar-refractivity contribution in [1.82, 2.24) is 5.32 Å². The number of para-hydroxylation sites is 1.